The van der Waals surface area contributed by atoms with E-state index >= 15 is 0 Å². The fourth-order valence-electron chi connectivity index (χ4n) is 2.28. The Morgan fingerprint density at radius 2 is 1.70 bits per heavy atom. The average molecular weight is 264 g/mol. The summed E-state index contributed by atoms with van der Waals surface area (Å²) in [6, 6.07) is 15.3. The van der Waals surface area contributed by atoms with Crippen LogP contribution < -0.4 is 5.32 Å². The van der Waals surface area contributed by atoms with Gasteiger partial charge in [0.05, 0.1) is 5.52 Å². The monoisotopic (exact) mass is 264 g/mol. The minimum atomic E-state index is 0.266. The maximum absolute atomic E-state index is 9.34. The highest BCUT2D eigenvalue weighted by molar-refractivity contribution is 5.93. The first-order chi connectivity index (χ1) is 9.61. The summed E-state index contributed by atoms with van der Waals surface area (Å²) in [5.74, 6) is 0.266. The summed E-state index contributed by atoms with van der Waals surface area (Å²) in [7, 11) is 0. The van der Waals surface area contributed by atoms with Gasteiger partial charge < -0.3 is 10.4 Å². The zero-order valence-electron chi connectivity index (χ0n) is 11.5. The number of phenols is 1. The lowest BCUT2D eigenvalue weighted by molar-refractivity contribution is 0.475. The number of fused-ring (bicyclic) bond motifs is 1. The number of anilines is 2. The molecule has 2 aromatic carbocycles. The molecular weight excluding hydrogens is 248 g/mol. The van der Waals surface area contributed by atoms with Crippen LogP contribution in [0.25, 0.3) is 10.9 Å². The van der Waals surface area contributed by atoms with Crippen LogP contribution >= 0.6 is 0 Å². The van der Waals surface area contributed by atoms with Gasteiger partial charge in [-0.3, -0.25) is 4.98 Å². The number of aromatic hydroxyl groups is 1. The number of rotatable bonds is 2. The largest absolute Gasteiger partial charge is 0.508 e. The van der Waals surface area contributed by atoms with Crippen molar-refractivity contribution >= 4 is 22.3 Å². The van der Waals surface area contributed by atoms with Gasteiger partial charge in [-0.1, -0.05) is 11.6 Å². The fourth-order valence-corrected chi connectivity index (χ4v) is 2.28. The molecule has 0 spiro atoms. The van der Waals surface area contributed by atoms with Crippen molar-refractivity contribution in [1.29, 1.82) is 0 Å². The molecule has 0 aliphatic carbocycles. The van der Waals surface area contributed by atoms with Crippen LogP contribution in [0, 0.1) is 13.8 Å². The Labute approximate surface area is 117 Å². The lowest BCUT2D eigenvalue weighted by atomic mass is 10.1. The normalized spacial score (nSPS) is 10.7. The molecule has 1 aromatic heterocycles. The minimum absolute atomic E-state index is 0.266. The number of aromatic nitrogens is 1. The third-order valence-electron chi connectivity index (χ3n) is 3.24. The minimum Gasteiger partial charge on any atom is -0.508 e. The van der Waals surface area contributed by atoms with E-state index in [-0.39, 0.29) is 5.75 Å². The topological polar surface area (TPSA) is 45.2 Å². The van der Waals surface area contributed by atoms with Crippen LogP contribution in [0.3, 0.4) is 0 Å². The number of nitrogens with one attached hydrogen (secondary N) is 1. The molecule has 0 fully saturated rings. The molecule has 3 nitrogen and oxygen atoms in total. The molecular formula is C17H16N2O. The summed E-state index contributed by atoms with van der Waals surface area (Å²) in [6.07, 6.45) is 0. The Morgan fingerprint density at radius 3 is 2.45 bits per heavy atom. The van der Waals surface area contributed by atoms with E-state index in [9.17, 15) is 5.11 Å². The van der Waals surface area contributed by atoms with Crippen LogP contribution in [0.15, 0.2) is 48.5 Å². The third-order valence-corrected chi connectivity index (χ3v) is 3.24. The van der Waals surface area contributed by atoms with Gasteiger partial charge in [-0.05, 0) is 56.3 Å². The number of hydrogen-bond donors (Lipinski definition) is 2. The molecule has 3 rings (SSSR count). The van der Waals surface area contributed by atoms with Crippen LogP contribution in [-0.4, -0.2) is 10.1 Å². The molecule has 0 saturated carbocycles. The van der Waals surface area contributed by atoms with E-state index in [1.165, 1.54) is 5.56 Å². The molecule has 1 heterocycles. The van der Waals surface area contributed by atoms with Crippen molar-refractivity contribution in [2.75, 3.05) is 5.32 Å². The second kappa shape index (κ2) is 4.85. The number of hydrogen-bond acceptors (Lipinski definition) is 3. The van der Waals surface area contributed by atoms with E-state index in [1.807, 2.05) is 31.2 Å². The maximum atomic E-state index is 9.34. The van der Waals surface area contributed by atoms with Crippen LogP contribution in [-0.2, 0) is 0 Å². The van der Waals surface area contributed by atoms with E-state index in [4.69, 9.17) is 0 Å². The van der Waals surface area contributed by atoms with E-state index in [0.717, 1.165) is 28.0 Å². The van der Waals surface area contributed by atoms with Crippen molar-refractivity contribution in [2.45, 2.75) is 13.8 Å². The molecule has 2 N–H and O–H groups in total. The van der Waals surface area contributed by atoms with E-state index < -0.39 is 0 Å². The molecule has 0 amide bonds. The van der Waals surface area contributed by atoms with Crippen LogP contribution in [0.2, 0.25) is 0 Å². The van der Waals surface area contributed by atoms with Crippen molar-refractivity contribution in [3.63, 3.8) is 0 Å². The maximum Gasteiger partial charge on any atom is 0.115 e. The second-order valence-electron chi connectivity index (χ2n) is 5.00. The first kappa shape index (κ1) is 12.5. The summed E-state index contributed by atoms with van der Waals surface area (Å²) >= 11 is 0. The van der Waals surface area contributed by atoms with Gasteiger partial charge in [-0.25, -0.2) is 0 Å². The lowest BCUT2D eigenvalue weighted by Crippen LogP contribution is -1.95. The van der Waals surface area contributed by atoms with E-state index in [1.54, 1.807) is 12.1 Å². The summed E-state index contributed by atoms with van der Waals surface area (Å²) in [6.45, 7) is 4.06. The quantitative estimate of drug-likeness (QED) is 0.678. The van der Waals surface area contributed by atoms with Crippen molar-refractivity contribution in [3.05, 3.63) is 59.8 Å². The van der Waals surface area contributed by atoms with Gasteiger partial charge in [0.2, 0.25) is 0 Å². The summed E-state index contributed by atoms with van der Waals surface area (Å²) in [5.41, 5.74) is 5.13. The number of phenolic OH excluding ortho intramolecular Hbond substituents is 1. The number of pyridine rings is 1. The summed E-state index contributed by atoms with van der Waals surface area (Å²) < 4.78 is 0. The Morgan fingerprint density at radius 1 is 0.950 bits per heavy atom. The van der Waals surface area contributed by atoms with Gasteiger partial charge in [0, 0.05) is 22.5 Å². The Balaban J connectivity index is 2.10. The molecule has 0 saturated heterocycles. The zero-order chi connectivity index (χ0) is 14.1. The molecule has 20 heavy (non-hydrogen) atoms. The predicted octanol–water partition coefficient (Wildman–Crippen LogP) is 4.30. The smallest absolute Gasteiger partial charge is 0.115 e. The highest BCUT2D eigenvalue weighted by Crippen LogP contribution is 2.27. The molecule has 0 aliphatic heterocycles. The van der Waals surface area contributed by atoms with Gasteiger partial charge in [0.25, 0.3) is 0 Å². The Hall–Kier alpha value is -2.55. The third kappa shape index (κ3) is 2.43. The summed E-state index contributed by atoms with van der Waals surface area (Å²) in [5, 5.41) is 13.8. The first-order valence-electron chi connectivity index (χ1n) is 6.56. The van der Waals surface area contributed by atoms with Gasteiger partial charge in [0.15, 0.2) is 0 Å². The molecule has 3 heteroatoms. The van der Waals surface area contributed by atoms with Crippen molar-refractivity contribution in [2.24, 2.45) is 0 Å². The first-order valence-corrected chi connectivity index (χ1v) is 6.56. The van der Waals surface area contributed by atoms with Crippen molar-refractivity contribution in [1.82, 2.24) is 4.98 Å². The summed E-state index contributed by atoms with van der Waals surface area (Å²) in [4.78, 5) is 4.55. The molecule has 100 valence electrons. The van der Waals surface area contributed by atoms with Gasteiger partial charge in [-0.2, -0.15) is 0 Å². The lowest BCUT2D eigenvalue weighted by Gasteiger charge is -2.11. The molecule has 0 aliphatic rings. The zero-order valence-corrected chi connectivity index (χ0v) is 11.5. The highest BCUT2D eigenvalue weighted by atomic mass is 16.3. The number of aryl methyl sites for hydroxylation is 2. The number of nitrogens with zero attached hydrogens (tertiary/aromatic N) is 1. The SMILES string of the molecule is Cc1ccc2nc(C)cc(Nc3ccc(O)cc3)c2c1. The van der Waals surface area contributed by atoms with Gasteiger partial charge in [-0.15, -0.1) is 0 Å². The predicted molar refractivity (Wildman–Crippen MR) is 82.6 cm³/mol. The van der Waals surface area contributed by atoms with E-state index in [2.05, 4.69) is 29.4 Å². The van der Waals surface area contributed by atoms with Crippen molar-refractivity contribution in [3.8, 4) is 5.75 Å². The average Bonchev–Trinajstić information content (AvgIpc) is 2.42. The molecule has 0 atom stereocenters. The van der Waals surface area contributed by atoms with E-state index in [0.29, 0.717) is 0 Å². The standard InChI is InChI=1S/C17H16N2O/c1-11-3-8-16-15(9-11)17(10-12(2)18-16)19-13-4-6-14(20)7-5-13/h3-10,20H,1-2H3,(H,18,19). The second-order valence-corrected chi connectivity index (χ2v) is 5.00. The Bertz CT molecular complexity index is 764. The fraction of sp³-hybridized carbons (Fsp3) is 0.118. The van der Waals surface area contributed by atoms with Gasteiger partial charge >= 0.3 is 0 Å². The molecule has 0 radical (unpaired) electrons. The molecule has 3 aromatic rings. The highest BCUT2D eigenvalue weighted by Gasteiger charge is 2.05. The Kier molecular flexibility index (Phi) is 3.03. The van der Waals surface area contributed by atoms with Crippen LogP contribution in [0.5, 0.6) is 5.75 Å². The van der Waals surface area contributed by atoms with Crippen molar-refractivity contribution < 1.29 is 5.11 Å². The van der Waals surface area contributed by atoms with Gasteiger partial charge in [0.1, 0.15) is 5.75 Å². The molecule has 0 unspecified atom stereocenters. The van der Waals surface area contributed by atoms with Crippen LogP contribution in [0.4, 0.5) is 11.4 Å². The molecule has 0 bridgehead atoms. The van der Waals surface area contributed by atoms with Crippen LogP contribution in [0.1, 0.15) is 11.3 Å². The number of benzene rings is 2.